The van der Waals surface area contributed by atoms with Gasteiger partial charge < -0.3 is 9.73 Å². The van der Waals surface area contributed by atoms with E-state index in [-0.39, 0.29) is 24.5 Å². The van der Waals surface area contributed by atoms with Crippen LogP contribution in [0.15, 0.2) is 22.8 Å². The molecule has 0 fully saturated rings. The van der Waals surface area contributed by atoms with Crippen LogP contribution in [0.3, 0.4) is 0 Å². The third-order valence-corrected chi connectivity index (χ3v) is 2.23. The van der Waals surface area contributed by atoms with E-state index in [0.717, 1.165) is 5.76 Å². The van der Waals surface area contributed by atoms with Crippen molar-refractivity contribution >= 4 is 5.91 Å². The van der Waals surface area contributed by atoms with Crippen molar-refractivity contribution in [3.63, 3.8) is 0 Å². The van der Waals surface area contributed by atoms with Crippen LogP contribution < -0.4 is 10.6 Å². The summed E-state index contributed by atoms with van der Waals surface area (Å²) >= 11 is 0. The SMILES string of the molecule is C#CCNC(=O)C(C)N[C@H](C)c1ccco1. The molecule has 0 aliphatic carbocycles. The first-order chi connectivity index (χ1) is 7.65. The summed E-state index contributed by atoms with van der Waals surface area (Å²) in [5.41, 5.74) is 0. The lowest BCUT2D eigenvalue weighted by Gasteiger charge is -2.17. The molecule has 0 radical (unpaired) electrons. The van der Waals surface area contributed by atoms with Gasteiger partial charge in [0.2, 0.25) is 5.91 Å². The second-order valence-corrected chi connectivity index (χ2v) is 3.55. The molecule has 0 aromatic carbocycles. The fourth-order valence-electron chi connectivity index (χ4n) is 1.36. The maximum Gasteiger partial charge on any atom is 0.237 e. The van der Waals surface area contributed by atoms with E-state index in [1.165, 1.54) is 0 Å². The molecule has 0 saturated heterocycles. The van der Waals surface area contributed by atoms with Crippen molar-refractivity contribution in [1.29, 1.82) is 0 Å². The van der Waals surface area contributed by atoms with Crippen molar-refractivity contribution in [3.05, 3.63) is 24.2 Å². The van der Waals surface area contributed by atoms with E-state index in [9.17, 15) is 4.79 Å². The molecule has 4 heteroatoms. The van der Waals surface area contributed by atoms with E-state index in [1.54, 1.807) is 13.2 Å². The molecule has 2 atom stereocenters. The molecule has 1 aromatic heterocycles. The summed E-state index contributed by atoms with van der Waals surface area (Å²) in [5.74, 6) is 3.04. The molecule has 1 unspecified atom stereocenters. The molecule has 4 nitrogen and oxygen atoms in total. The van der Waals surface area contributed by atoms with E-state index in [2.05, 4.69) is 16.6 Å². The number of rotatable bonds is 5. The van der Waals surface area contributed by atoms with Crippen molar-refractivity contribution in [2.24, 2.45) is 0 Å². The molecule has 0 bridgehead atoms. The van der Waals surface area contributed by atoms with Gasteiger partial charge in [0.1, 0.15) is 5.76 Å². The van der Waals surface area contributed by atoms with Crippen LogP contribution in [0.4, 0.5) is 0 Å². The average molecular weight is 220 g/mol. The van der Waals surface area contributed by atoms with Gasteiger partial charge >= 0.3 is 0 Å². The standard InChI is InChI=1S/C12H16N2O2/c1-4-7-13-12(15)10(3)14-9(2)11-6-5-8-16-11/h1,5-6,8-10,14H,7H2,2-3H3,(H,13,15)/t9-,10?/m1/s1. The Bertz CT molecular complexity index is 365. The van der Waals surface area contributed by atoms with E-state index in [0.29, 0.717) is 0 Å². The number of terminal acetylenes is 1. The average Bonchev–Trinajstić information content (AvgIpc) is 2.79. The smallest absolute Gasteiger partial charge is 0.237 e. The first-order valence-corrected chi connectivity index (χ1v) is 5.15. The largest absolute Gasteiger partial charge is 0.468 e. The zero-order valence-electron chi connectivity index (χ0n) is 9.49. The Labute approximate surface area is 95.4 Å². The van der Waals surface area contributed by atoms with Gasteiger partial charge in [-0.15, -0.1) is 6.42 Å². The van der Waals surface area contributed by atoms with Crippen LogP contribution in [0.25, 0.3) is 0 Å². The van der Waals surface area contributed by atoms with Crippen LogP contribution in [0, 0.1) is 12.3 Å². The fraction of sp³-hybridized carbons (Fsp3) is 0.417. The third kappa shape index (κ3) is 3.44. The minimum absolute atomic E-state index is 0.0124. The van der Waals surface area contributed by atoms with E-state index in [1.807, 2.05) is 19.1 Å². The minimum atomic E-state index is -0.312. The number of amides is 1. The quantitative estimate of drug-likeness (QED) is 0.730. The highest BCUT2D eigenvalue weighted by Crippen LogP contribution is 2.12. The number of carbonyl (C=O) groups is 1. The Kier molecular flexibility index (Phi) is 4.62. The van der Waals surface area contributed by atoms with Crippen molar-refractivity contribution in [2.75, 3.05) is 6.54 Å². The first kappa shape index (κ1) is 12.3. The summed E-state index contributed by atoms with van der Waals surface area (Å²) in [6.07, 6.45) is 6.66. The van der Waals surface area contributed by atoms with Crippen LogP contribution in [0.1, 0.15) is 25.6 Å². The Morgan fingerprint density at radius 3 is 2.94 bits per heavy atom. The lowest BCUT2D eigenvalue weighted by atomic mass is 10.2. The normalized spacial score (nSPS) is 13.8. The van der Waals surface area contributed by atoms with Crippen LogP contribution >= 0.6 is 0 Å². The zero-order valence-corrected chi connectivity index (χ0v) is 9.49. The predicted octanol–water partition coefficient (Wildman–Crippen LogP) is 1.07. The molecule has 86 valence electrons. The highest BCUT2D eigenvalue weighted by atomic mass is 16.3. The van der Waals surface area contributed by atoms with E-state index in [4.69, 9.17) is 10.8 Å². The van der Waals surface area contributed by atoms with Gasteiger partial charge in [0, 0.05) is 0 Å². The predicted molar refractivity (Wildman–Crippen MR) is 61.6 cm³/mol. The fourth-order valence-corrected chi connectivity index (χ4v) is 1.36. The third-order valence-electron chi connectivity index (χ3n) is 2.23. The molecule has 1 amide bonds. The number of furan rings is 1. The van der Waals surface area contributed by atoms with Gasteiger partial charge in [-0.3, -0.25) is 10.1 Å². The van der Waals surface area contributed by atoms with Crippen LogP contribution in [-0.2, 0) is 4.79 Å². The Balaban J connectivity index is 2.42. The summed E-state index contributed by atoms with van der Waals surface area (Å²) in [6.45, 7) is 3.97. The Morgan fingerprint density at radius 1 is 1.62 bits per heavy atom. The van der Waals surface area contributed by atoms with Crippen molar-refractivity contribution in [2.45, 2.75) is 25.9 Å². The van der Waals surface area contributed by atoms with Crippen molar-refractivity contribution < 1.29 is 9.21 Å². The van der Waals surface area contributed by atoms with Crippen LogP contribution in [0.2, 0.25) is 0 Å². The van der Waals surface area contributed by atoms with Gasteiger partial charge in [-0.1, -0.05) is 5.92 Å². The summed E-state index contributed by atoms with van der Waals surface area (Å²) in [5, 5.41) is 5.73. The maximum absolute atomic E-state index is 11.5. The zero-order chi connectivity index (χ0) is 12.0. The second-order valence-electron chi connectivity index (χ2n) is 3.55. The summed E-state index contributed by atoms with van der Waals surface area (Å²) in [4.78, 5) is 11.5. The second kappa shape index (κ2) is 5.99. The first-order valence-electron chi connectivity index (χ1n) is 5.15. The summed E-state index contributed by atoms with van der Waals surface area (Å²) < 4.78 is 5.23. The molecule has 0 spiro atoms. The highest BCUT2D eigenvalue weighted by molar-refractivity contribution is 5.81. The molecule has 1 rings (SSSR count). The van der Waals surface area contributed by atoms with Crippen LogP contribution in [-0.4, -0.2) is 18.5 Å². The molecule has 0 saturated carbocycles. The minimum Gasteiger partial charge on any atom is -0.468 e. The van der Waals surface area contributed by atoms with E-state index >= 15 is 0 Å². The van der Waals surface area contributed by atoms with Crippen molar-refractivity contribution in [1.82, 2.24) is 10.6 Å². The molecule has 16 heavy (non-hydrogen) atoms. The molecular formula is C12H16N2O2. The van der Waals surface area contributed by atoms with E-state index < -0.39 is 0 Å². The number of nitrogens with one attached hydrogen (secondary N) is 2. The highest BCUT2D eigenvalue weighted by Gasteiger charge is 2.16. The molecule has 1 heterocycles. The van der Waals surface area contributed by atoms with Gasteiger partial charge in [-0.25, -0.2) is 0 Å². The van der Waals surface area contributed by atoms with Crippen LogP contribution in [0.5, 0.6) is 0 Å². The Morgan fingerprint density at radius 2 is 2.38 bits per heavy atom. The molecule has 0 aliphatic heterocycles. The van der Waals surface area contributed by atoms with Gasteiger partial charge in [0.15, 0.2) is 0 Å². The molecular weight excluding hydrogens is 204 g/mol. The topological polar surface area (TPSA) is 54.3 Å². The summed E-state index contributed by atoms with van der Waals surface area (Å²) in [7, 11) is 0. The Hall–Kier alpha value is -1.73. The van der Waals surface area contributed by atoms with Gasteiger partial charge in [0.05, 0.1) is 24.9 Å². The molecule has 0 aliphatic rings. The number of carbonyl (C=O) groups excluding carboxylic acids is 1. The summed E-state index contributed by atoms with van der Waals surface area (Å²) in [6, 6.07) is 3.36. The van der Waals surface area contributed by atoms with Crippen molar-refractivity contribution in [3.8, 4) is 12.3 Å². The lowest BCUT2D eigenvalue weighted by molar-refractivity contribution is -0.122. The number of hydrogen-bond donors (Lipinski definition) is 2. The monoisotopic (exact) mass is 220 g/mol. The molecule has 2 N–H and O–H groups in total. The number of hydrogen-bond acceptors (Lipinski definition) is 3. The lowest BCUT2D eigenvalue weighted by Crippen LogP contribution is -2.43. The maximum atomic E-state index is 11.5. The molecule has 1 aromatic rings. The van der Waals surface area contributed by atoms with Gasteiger partial charge in [-0.2, -0.15) is 0 Å². The van der Waals surface area contributed by atoms with Gasteiger partial charge in [-0.05, 0) is 26.0 Å². The van der Waals surface area contributed by atoms with Gasteiger partial charge in [0.25, 0.3) is 0 Å².